The zero-order chi connectivity index (χ0) is 13.4. The van der Waals surface area contributed by atoms with E-state index in [0.29, 0.717) is 23.7 Å². The van der Waals surface area contributed by atoms with Gasteiger partial charge >= 0.3 is 0 Å². The number of H-pyrrole nitrogens is 1. The molecule has 0 saturated heterocycles. The summed E-state index contributed by atoms with van der Waals surface area (Å²) in [6.45, 7) is 0. The van der Waals surface area contributed by atoms with E-state index in [1.54, 1.807) is 18.2 Å². The van der Waals surface area contributed by atoms with Gasteiger partial charge in [0.25, 0.3) is 5.91 Å². The molecule has 0 atom stereocenters. The Balaban J connectivity index is 1.88. The molecule has 1 heterocycles. The van der Waals surface area contributed by atoms with Crippen molar-refractivity contribution in [2.45, 2.75) is 25.0 Å². The molecular formula is C14H14N2O3. The normalized spacial score (nSPS) is 21.9. The average molecular weight is 258 g/mol. The molecule has 0 bridgehead atoms. The molecule has 19 heavy (non-hydrogen) atoms. The molecule has 1 aliphatic carbocycles. The maximum atomic E-state index is 12.0. The lowest BCUT2D eigenvalue weighted by molar-refractivity contribution is 0.0560. The summed E-state index contributed by atoms with van der Waals surface area (Å²) in [7, 11) is 0. The number of nitrogens with one attached hydrogen (secondary N) is 2. The number of aromatic nitrogens is 1. The van der Waals surface area contributed by atoms with Crippen molar-refractivity contribution in [1.29, 1.82) is 0 Å². The summed E-state index contributed by atoms with van der Waals surface area (Å²) in [5.41, 5.74) is 0.729. The van der Waals surface area contributed by atoms with Crippen molar-refractivity contribution in [3.63, 3.8) is 0 Å². The van der Waals surface area contributed by atoms with Crippen molar-refractivity contribution in [2.24, 2.45) is 0 Å². The van der Waals surface area contributed by atoms with Gasteiger partial charge in [0.15, 0.2) is 5.43 Å². The lowest BCUT2D eigenvalue weighted by atomic mass is 9.89. The van der Waals surface area contributed by atoms with Crippen LogP contribution in [0, 0.1) is 0 Å². The first kappa shape index (κ1) is 11.9. The lowest BCUT2D eigenvalue weighted by Crippen LogP contribution is -2.47. The van der Waals surface area contributed by atoms with Crippen LogP contribution in [0.5, 0.6) is 0 Å². The molecule has 5 nitrogen and oxygen atoms in total. The Morgan fingerprint density at radius 3 is 2.79 bits per heavy atom. The van der Waals surface area contributed by atoms with E-state index in [1.807, 2.05) is 6.07 Å². The molecule has 1 amide bonds. The monoisotopic (exact) mass is 258 g/mol. The number of para-hydroxylation sites is 1. The van der Waals surface area contributed by atoms with Gasteiger partial charge in [-0.1, -0.05) is 12.1 Å². The predicted molar refractivity (Wildman–Crippen MR) is 71.1 cm³/mol. The summed E-state index contributed by atoms with van der Waals surface area (Å²) < 4.78 is 0. The van der Waals surface area contributed by atoms with Crippen molar-refractivity contribution >= 4 is 16.8 Å². The highest BCUT2D eigenvalue weighted by Gasteiger charge is 2.28. The van der Waals surface area contributed by atoms with Crippen LogP contribution in [0.15, 0.2) is 35.1 Å². The van der Waals surface area contributed by atoms with E-state index in [4.69, 9.17) is 0 Å². The van der Waals surface area contributed by atoms with E-state index in [2.05, 4.69) is 10.3 Å². The minimum atomic E-state index is -0.319. The largest absolute Gasteiger partial charge is 0.393 e. The quantitative estimate of drug-likeness (QED) is 0.744. The second-order valence-electron chi connectivity index (χ2n) is 4.89. The van der Waals surface area contributed by atoms with Gasteiger partial charge in [-0.2, -0.15) is 0 Å². The molecule has 3 N–H and O–H groups in total. The SMILES string of the molecule is O=C(NC1CC(O)C1)c1cc(=O)c2ccccc2[nH]1. The molecule has 1 fully saturated rings. The van der Waals surface area contributed by atoms with Crippen LogP contribution in [0.3, 0.4) is 0 Å². The predicted octanol–water partition coefficient (Wildman–Crippen LogP) is 0.781. The molecule has 2 aromatic rings. The smallest absolute Gasteiger partial charge is 0.268 e. The van der Waals surface area contributed by atoms with Crippen LogP contribution in [-0.2, 0) is 0 Å². The van der Waals surface area contributed by atoms with Crippen LogP contribution in [0.25, 0.3) is 10.9 Å². The average Bonchev–Trinajstić information content (AvgIpc) is 2.37. The highest BCUT2D eigenvalue weighted by molar-refractivity contribution is 5.95. The van der Waals surface area contributed by atoms with Crippen LogP contribution >= 0.6 is 0 Å². The Bertz CT molecular complexity index is 686. The first-order chi connectivity index (χ1) is 9.13. The van der Waals surface area contributed by atoms with Gasteiger partial charge in [-0.05, 0) is 25.0 Å². The molecule has 3 rings (SSSR count). The molecule has 0 spiro atoms. The second-order valence-corrected chi connectivity index (χ2v) is 4.89. The van der Waals surface area contributed by atoms with Crippen molar-refractivity contribution in [3.8, 4) is 0 Å². The first-order valence-corrected chi connectivity index (χ1v) is 6.24. The molecule has 0 aliphatic heterocycles. The number of hydrogen-bond acceptors (Lipinski definition) is 3. The number of aromatic amines is 1. The molecule has 1 aromatic carbocycles. The molecule has 0 radical (unpaired) electrons. The van der Waals surface area contributed by atoms with Gasteiger partial charge in [0.2, 0.25) is 0 Å². The topological polar surface area (TPSA) is 82.2 Å². The Morgan fingerprint density at radius 1 is 1.32 bits per heavy atom. The van der Waals surface area contributed by atoms with Gasteiger partial charge in [0.05, 0.1) is 6.10 Å². The molecule has 5 heteroatoms. The summed E-state index contributed by atoms with van der Waals surface area (Å²) in [6.07, 6.45) is 0.827. The van der Waals surface area contributed by atoms with Crippen molar-refractivity contribution in [2.75, 3.05) is 0 Å². The Labute approximate surface area is 109 Å². The van der Waals surface area contributed by atoms with Gasteiger partial charge in [0, 0.05) is 23.0 Å². The number of pyridine rings is 1. The molecule has 1 aliphatic rings. The fraction of sp³-hybridized carbons (Fsp3) is 0.286. The number of hydrogen-bond donors (Lipinski definition) is 3. The number of carbonyl (C=O) groups is 1. The Hall–Kier alpha value is -2.14. The number of aliphatic hydroxyl groups is 1. The standard InChI is InChI=1S/C14H14N2O3/c17-9-5-8(6-9)15-14(19)12-7-13(18)10-3-1-2-4-11(10)16-12/h1-4,7-9,17H,5-6H2,(H,15,19)(H,16,18). The van der Waals surface area contributed by atoms with E-state index in [-0.39, 0.29) is 29.2 Å². The van der Waals surface area contributed by atoms with E-state index in [9.17, 15) is 14.7 Å². The lowest BCUT2D eigenvalue weighted by Gasteiger charge is -2.31. The van der Waals surface area contributed by atoms with Gasteiger partial charge in [-0.25, -0.2) is 0 Å². The number of benzene rings is 1. The maximum Gasteiger partial charge on any atom is 0.268 e. The van der Waals surface area contributed by atoms with Gasteiger partial charge in [-0.3, -0.25) is 9.59 Å². The van der Waals surface area contributed by atoms with Crippen LogP contribution in [0.4, 0.5) is 0 Å². The van der Waals surface area contributed by atoms with Crippen LogP contribution < -0.4 is 10.7 Å². The maximum absolute atomic E-state index is 12.0. The highest BCUT2D eigenvalue weighted by atomic mass is 16.3. The number of amides is 1. The van der Waals surface area contributed by atoms with E-state index >= 15 is 0 Å². The van der Waals surface area contributed by atoms with E-state index in [0.717, 1.165) is 0 Å². The first-order valence-electron chi connectivity index (χ1n) is 6.24. The van der Waals surface area contributed by atoms with E-state index < -0.39 is 0 Å². The second kappa shape index (κ2) is 4.51. The number of aliphatic hydroxyl groups excluding tert-OH is 1. The van der Waals surface area contributed by atoms with Crippen molar-refractivity contribution in [1.82, 2.24) is 10.3 Å². The number of fused-ring (bicyclic) bond motifs is 1. The highest BCUT2D eigenvalue weighted by Crippen LogP contribution is 2.19. The van der Waals surface area contributed by atoms with Crippen molar-refractivity contribution in [3.05, 3.63) is 46.2 Å². The minimum absolute atomic E-state index is 0.00234. The minimum Gasteiger partial charge on any atom is -0.393 e. The number of rotatable bonds is 2. The summed E-state index contributed by atoms with van der Waals surface area (Å²) in [5.74, 6) is -0.306. The summed E-state index contributed by atoms with van der Waals surface area (Å²) in [6, 6.07) is 8.39. The van der Waals surface area contributed by atoms with Crippen LogP contribution in [0.2, 0.25) is 0 Å². The third kappa shape index (κ3) is 2.24. The fourth-order valence-electron chi connectivity index (χ4n) is 2.29. The molecule has 98 valence electrons. The van der Waals surface area contributed by atoms with Crippen LogP contribution in [-0.4, -0.2) is 28.1 Å². The van der Waals surface area contributed by atoms with E-state index in [1.165, 1.54) is 6.07 Å². The third-order valence-corrected chi connectivity index (χ3v) is 3.43. The fourth-order valence-corrected chi connectivity index (χ4v) is 2.29. The van der Waals surface area contributed by atoms with Gasteiger partial charge in [0.1, 0.15) is 5.69 Å². The Kier molecular flexibility index (Phi) is 2.83. The van der Waals surface area contributed by atoms with Crippen molar-refractivity contribution < 1.29 is 9.90 Å². The molecular weight excluding hydrogens is 244 g/mol. The number of carbonyl (C=O) groups excluding carboxylic acids is 1. The molecule has 1 saturated carbocycles. The zero-order valence-corrected chi connectivity index (χ0v) is 10.2. The summed E-state index contributed by atoms with van der Waals surface area (Å²) in [5, 5.41) is 12.5. The third-order valence-electron chi connectivity index (χ3n) is 3.43. The summed E-state index contributed by atoms with van der Waals surface area (Å²) in [4.78, 5) is 26.8. The zero-order valence-electron chi connectivity index (χ0n) is 10.2. The molecule has 0 unspecified atom stereocenters. The molecule has 1 aromatic heterocycles. The van der Waals surface area contributed by atoms with Gasteiger partial charge < -0.3 is 15.4 Å². The van der Waals surface area contributed by atoms with Crippen LogP contribution in [0.1, 0.15) is 23.3 Å². The van der Waals surface area contributed by atoms with Gasteiger partial charge in [-0.15, -0.1) is 0 Å². The summed E-state index contributed by atoms with van der Waals surface area (Å²) >= 11 is 0. The Morgan fingerprint density at radius 2 is 2.05 bits per heavy atom.